The number of hydrogen-bond donors (Lipinski definition) is 0. The first-order valence-electron chi connectivity index (χ1n) is 7.13. The predicted molar refractivity (Wildman–Crippen MR) is 90.8 cm³/mol. The summed E-state index contributed by atoms with van der Waals surface area (Å²) in [5, 5.41) is 0. The van der Waals surface area contributed by atoms with Crippen LogP contribution in [0.25, 0.3) is 0 Å². The summed E-state index contributed by atoms with van der Waals surface area (Å²) >= 11 is 3.44. The molecular weight excluding hydrogens is 344 g/mol. The van der Waals surface area contributed by atoms with E-state index in [1.165, 1.54) is 0 Å². The van der Waals surface area contributed by atoms with Gasteiger partial charge in [0.15, 0.2) is 0 Å². The maximum Gasteiger partial charge on any atom is 0.347 e. The molecule has 4 heteroatoms. The Morgan fingerprint density at radius 3 is 2.27 bits per heavy atom. The average Bonchev–Trinajstić information content (AvgIpc) is 2.42. The minimum absolute atomic E-state index is 0.00916. The van der Waals surface area contributed by atoms with Gasteiger partial charge in [0.05, 0.1) is 6.10 Å². The summed E-state index contributed by atoms with van der Waals surface area (Å²) in [4.78, 5) is 12.5. The van der Waals surface area contributed by atoms with Crippen molar-refractivity contribution in [3.05, 3.63) is 57.6 Å². The Bertz CT molecular complexity index is 669. The molecule has 0 aromatic heterocycles. The number of ether oxygens (including phenoxy) is 2. The Kier molecular flexibility index (Phi) is 5.24. The van der Waals surface area contributed by atoms with E-state index in [1.807, 2.05) is 45.9 Å². The van der Waals surface area contributed by atoms with Crippen LogP contribution in [0.2, 0.25) is 0 Å². The molecule has 0 unspecified atom stereocenters. The van der Waals surface area contributed by atoms with Crippen LogP contribution in [0.4, 0.5) is 0 Å². The van der Waals surface area contributed by atoms with Crippen LogP contribution >= 0.6 is 15.9 Å². The van der Waals surface area contributed by atoms with E-state index in [0.717, 1.165) is 15.6 Å². The first kappa shape index (κ1) is 16.6. The second kappa shape index (κ2) is 6.97. The Morgan fingerprint density at radius 2 is 1.68 bits per heavy atom. The Morgan fingerprint density at radius 1 is 1.09 bits per heavy atom. The van der Waals surface area contributed by atoms with Gasteiger partial charge in [-0.3, -0.25) is 0 Å². The molecule has 0 aliphatic heterocycles. The molecule has 3 nitrogen and oxygen atoms in total. The van der Waals surface area contributed by atoms with Gasteiger partial charge in [-0.2, -0.15) is 0 Å². The van der Waals surface area contributed by atoms with Crippen molar-refractivity contribution in [3.8, 4) is 11.5 Å². The van der Waals surface area contributed by atoms with Crippen LogP contribution in [0.15, 0.2) is 40.9 Å². The molecule has 22 heavy (non-hydrogen) atoms. The number of benzene rings is 2. The van der Waals surface area contributed by atoms with E-state index in [1.54, 1.807) is 18.2 Å². The molecule has 0 aliphatic carbocycles. The third-order valence-corrected chi connectivity index (χ3v) is 3.55. The lowest BCUT2D eigenvalue weighted by Crippen LogP contribution is -2.14. The zero-order chi connectivity index (χ0) is 16.3. The summed E-state index contributed by atoms with van der Waals surface area (Å²) in [6.45, 7) is 7.67. The van der Waals surface area contributed by atoms with E-state index < -0.39 is 5.97 Å². The minimum Gasteiger partial charge on any atom is -0.490 e. The third-order valence-electron chi connectivity index (χ3n) is 3.09. The van der Waals surface area contributed by atoms with Gasteiger partial charge in [0.25, 0.3) is 0 Å². The van der Waals surface area contributed by atoms with Gasteiger partial charge in [-0.15, -0.1) is 0 Å². The van der Waals surface area contributed by atoms with Crippen molar-refractivity contribution in [1.29, 1.82) is 0 Å². The fourth-order valence-corrected chi connectivity index (χ4v) is 2.88. The van der Waals surface area contributed by atoms with E-state index in [9.17, 15) is 4.79 Å². The van der Waals surface area contributed by atoms with E-state index in [0.29, 0.717) is 17.1 Å². The highest BCUT2D eigenvalue weighted by atomic mass is 79.9. The molecule has 0 amide bonds. The van der Waals surface area contributed by atoms with Gasteiger partial charge in [0.1, 0.15) is 17.1 Å². The van der Waals surface area contributed by atoms with Crippen molar-refractivity contribution in [1.82, 2.24) is 0 Å². The molecule has 2 aromatic rings. The van der Waals surface area contributed by atoms with Gasteiger partial charge in [0.2, 0.25) is 0 Å². The fourth-order valence-electron chi connectivity index (χ4n) is 2.20. The second-order valence-electron chi connectivity index (χ2n) is 5.42. The molecular formula is C18H19BrO3. The van der Waals surface area contributed by atoms with Crippen molar-refractivity contribution in [3.63, 3.8) is 0 Å². The summed E-state index contributed by atoms with van der Waals surface area (Å²) in [7, 11) is 0. The topological polar surface area (TPSA) is 35.5 Å². The molecule has 2 rings (SSSR count). The molecule has 0 bridgehead atoms. The van der Waals surface area contributed by atoms with Crippen LogP contribution in [-0.2, 0) is 0 Å². The molecule has 0 fully saturated rings. The zero-order valence-corrected chi connectivity index (χ0v) is 14.7. The number of carbonyl (C=O) groups is 1. The lowest BCUT2D eigenvalue weighted by atomic mass is 10.1. The molecule has 0 saturated carbocycles. The SMILES string of the molecule is Cc1cc(Br)cc(C)c1OC(=O)c1ccccc1OC(C)C. The number of esters is 1. The van der Waals surface area contributed by atoms with Gasteiger partial charge in [0, 0.05) is 4.47 Å². The molecule has 0 heterocycles. The number of carbonyl (C=O) groups excluding carboxylic acids is 1. The highest BCUT2D eigenvalue weighted by Crippen LogP contribution is 2.29. The fraction of sp³-hybridized carbons (Fsp3) is 0.278. The number of para-hydroxylation sites is 1. The summed E-state index contributed by atoms with van der Waals surface area (Å²) in [6.07, 6.45) is -0.00916. The number of halogens is 1. The summed E-state index contributed by atoms with van der Waals surface area (Å²) in [6, 6.07) is 11.0. The van der Waals surface area contributed by atoms with E-state index >= 15 is 0 Å². The van der Waals surface area contributed by atoms with Crippen LogP contribution in [0.1, 0.15) is 35.3 Å². The first-order chi connectivity index (χ1) is 10.4. The van der Waals surface area contributed by atoms with Crippen molar-refractivity contribution >= 4 is 21.9 Å². The standard InChI is InChI=1S/C18H19BrO3/c1-11(2)21-16-8-6-5-7-15(16)18(20)22-17-12(3)9-14(19)10-13(17)4/h5-11H,1-4H3. The Labute approximate surface area is 139 Å². The third kappa shape index (κ3) is 3.89. The van der Waals surface area contributed by atoms with Gasteiger partial charge in [-0.25, -0.2) is 4.79 Å². The van der Waals surface area contributed by atoms with Crippen molar-refractivity contribution < 1.29 is 14.3 Å². The molecule has 116 valence electrons. The van der Waals surface area contributed by atoms with Gasteiger partial charge in [-0.05, 0) is 63.1 Å². The van der Waals surface area contributed by atoms with E-state index in [4.69, 9.17) is 9.47 Å². The molecule has 0 atom stereocenters. The number of rotatable bonds is 4. The Hall–Kier alpha value is -1.81. The van der Waals surface area contributed by atoms with Crippen molar-refractivity contribution in [2.24, 2.45) is 0 Å². The monoisotopic (exact) mass is 362 g/mol. The summed E-state index contributed by atoms with van der Waals surface area (Å²) in [5.41, 5.74) is 2.24. The molecule has 0 aliphatic rings. The van der Waals surface area contributed by atoms with Crippen LogP contribution in [-0.4, -0.2) is 12.1 Å². The normalized spacial score (nSPS) is 10.6. The van der Waals surface area contributed by atoms with Crippen molar-refractivity contribution in [2.75, 3.05) is 0 Å². The summed E-state index contributed by atoms with van der Waals surface area (Å²) in [5.74, 6) is 0.715. The summed E-state index contributed by atoms with van der Waals surface area (Å²) < 4.78 is 12.2. The molecule has 0 N–H and O–H groups in total. The van der Waals surface area contributed by atoms with E-state index in [-0.39, 0.29) is 6.10 Å². The smallest absolute Gasteiger partial charge is 0.347 e. The average molecular weight is 363 g/mol. The van der Waals surface area contributed by atoms with Gasteiger partial charge >= 0.3 is 5.97 Å². The van der Waals surface area contributed by atoms with Crippen LogP contribution in [0.5, 0.6) is 11.5 Å². The van der Waals surface area contributed by atoms with Crippen LogP contribution in [0.3, 0.4) is 0 Å². The maximum absolute atomic E-state index is 12.5. The minimum atomic E-state index is -0.412. The Balaban J connectivity index is 2.31. The number of hydrogen-bond acceptors (Lipinski definition) is 3. The quantitative estimate of drug-likeness (QED) is 0.562. The van der Waals surface area contributed by atoms with Crippen molar-refractivity contribution in [2.45, 2.75) is 33.8 Å². The zero-order valence-electron chi connectivity index (χ0n) is 13.1. The van der Waals surface area contributed by atoms with Crippen LogP contribution in [0, 0.1) is 13.8 Å². The highest BCUT2D eigenvalue weighted by molar-refractivity contribution is 9.10. The van der Waals surface area contributed by atoms with E-state index in [2.05, 4.69) is 15.9 Å². The van der Waals surface area contributed by atoms with Gasteiger partial charge in [-0.1, -0.05) is 28.1 Å². The predicted octanol–water partition coefficient (Wildman–Crippen LogP) is 5.07. The molecule has 0 spiro atoms. The number of aryl methyl sites for hydroxylation is 2. The first-order valence-corrected chi connectivity index (χ1v) is 7.92. The molecule has 2 aromatic carbocycles. The lowest BCUT2D eigenvalue weighted by molar-refractivity contribution is 0.0726. The molecule has 0 radical (unpaired) electrons. The van der Waals surface area contributed by atoms with Gasteiger partial charge < -0.3 is 9.47 Å². The second-order valence-corrected chi connectivity index (χ2v) is 6.34. The molecule has 0 saturated heterocycles. The lowest BCUT2D eigenvalue weighted by Gasteiger charge is -2.15. The highest BCUT2D eigenvalue weighted by Gasteiger charge is 2.17. The van der Waals surface area contributed by atoms with Crippen LogP contribution < -0.4 is 9.47 Å². The largest absolute Gasteiger partial charge is 0.490 e. The maximum atomic E-state index is 12.5.